The fraction of sp³-hybridized carbons (Fsp3) is 0.138. The Labute approximate surface area is 255 Å². The van der Waals surface area contributed by atoms with Gasteiger partial charge >= 0.3 is 0 Å². The number of imidazole rings is 1. The number of ether oxygens (including phenoxy) is 1. The molecule has 1 saturated heterocycles. The number of carbonyl (C=O) groups is 3. The third-order valence-electron chi connectivity index (χ3n) is 6.08. The summed E-state index contributed by atoms with van der Waals surface area (Å²) < 4.78 is 7.04. The van der Waals surface area contributed by atoms with Gasteiger partial charge in [-0.3, -0.25) is 23.9 Å². The number of aromatic nitrogens is 2. The van der Waals surface area contributed by atoms with E-state index >= 15 is 0 Å². The van der Waals surface area contributed by atoms with Crippen molar-refractivity contribution in [2.24, 2.45) is 0 Å². The molecule has 41 heavy (non-hydrogen) atoms. The Balaban J connectivity index is 1.26. The fourth-order valence-corrected chi connectivity index (χ4v) is 6.32. The number of thioether (sulfide) groups is 2. The topological polar surface area (TPSA) is 93.5 Å². The van der Waals surface area contributed by atoms with Crippen LogP contribution in [0.25, 0.3) is 17.1 Å². The smallest absolute Gasteiger partial charge is 0.266 e. The highest BCUT2D eigenvalue weighted by molar-refractivity contribution is 8.26. The average Bonchev–Trinajstić information content (AvgIpc) is 3.48. The van der Waals surface area contributed by atoms with Crippen molar-refractivity contribution in [3.05, 3.63) is 88.3 Å². The predicted molar refractivity (Wildman–Crippen MR) is 169 cm³/mol. The summed E-state index contributed by atoms with van der Waals surface area (Å²) in [6.45, 7) is 0.121. The molecule has 8 nitrogen and oxygen atoms in total. The van der Waals surface area contributed by atoms with Crippen LogP contribution in [0.1, 0.15) is 16.8 Å². The Morgan fingerprint density at radius 3 is 2.56 bits per heavy atom. The molecule has 0 aliphatic carbocycles. The third-order valence-corrected chi connectivity index (χ3v) is 8.64. The normalized spacial score (nSPS) is 14.2. The fourth-order valence-electron chi connectivity index (χ4n) is 4.07. The molecule has 0 spiro atoms. The molecule has 1 N–H and O–H groups in total. The van der Waals surface area contributed by atoms with Gasteiger partial charge in [-0.1, -0.05) is 71.6 Å². The number of nitrogens with zero attached hydrogens (tertiary/aromatic N) is 3. The van der Waals surface area contributed by atoms with Gasteiger partial charge in [0.25, 0.3) is 5.91 Å². The first-order chi connectivity index (χ1) is 19.8. The number of amides is 2. The van der Waals surface area contributed by atoms with Crippen LogP contribution >= 0.6 is 47.3 Å². The molecule has 1 fully saturated rings. The third kappa shape index (κ3) is 6.82. The van der Waals surface area contributed by atoms with E-state index in [9.17, 15) is 14.4 Å². The van der Waals surface area contributed by atoms with E-state index in [1.807, 2.05) is 30.3 Å². The second kappa shape index (κ2) is 12.9. The highest BCUT2D eigenvalue weighted by Crippen LogP contribution is 2.33. The molecule has 3 aromatic carbocycles. The summed E-state index contributed by atoms with van der Waals surface area (Å²) >= 11 is 13.8. The Morgan fingerprint density at radius 2 is 1.83 bits per heavy atom. The zero-order valence-corrected chi connectivity index (χ0v) is 24.9. The average molecular weight is 623 g/mol. The number of hydrogen-bond donors (Lipinski definition) is 1. The molecule has 0 bridgehead atoms. The maximum absolute atomic E-state index is 13.5. The Bertz CT molecular complexity index is 1670. The van der Waals surface area contributed by atoms with Gasteiger partial charge in [0, 0.05) is 23.7 Å². The van der Waals surface area contributed by atoms with E-state index in [0.29, 0.717) is 41.9 Å². The summed E-state index contributed by atoms with van der Waals surface area (Å²) in [7, 11) is 1.57. The van der Waals surface area contributed by atoms with Crippen LogP contribution < -0.4 is 10.1 Å². The van der Waals surface area contributed by atoms with E-state index in [4.69, 9.17) is 28.6 Å². The molecular formula is C29H23ClN4O4S3. The van der Waals surface area contributed by atoms with Crippen LogP contribution in [0, 0.1) is 0 Å². The van der Waals surface area contributed by atoms with Crippen LogP contribution in [-0.2, 0) is 9.59 Å². The van der Waals surface area contributed by atoms with Gasteiger partial charge in [-0.15, -0.1) is 0 Å². The molecule has 4 aromatic rings. The minimum absolute atomic E-state index is 0.0205. The second-order valence-corrected chi connectivity index (χ2v) is 11.9. The van der Waals surface area contributed by atoms with Crippen molar-refractivity contribution < 1.29 is 19.1 Å². The Morgan fingerprint density at radius 1 is 1.10 bits per heavy atom. The standard InChI is InChI=1S/C29H23ClN4O4S3/c1-38-21-12-10-20(11-13-21)31-25(35)17-40-28-32-22-4-2-3-5-23(22)34(28)26(36)14-15-33-27(37)24(41-29(33)39)16-18-6-8-19(30)9-7-18/h2-13,16H,14-15,17H2,1H3,(H,31,35). The number of hydrogen-bond acceptors (Lipinski definition) is 8. The van der Waals surface area contributed by atoms with Gasteiger partial charge < -0.3 is 10.1 Å². The highest BCUT2D eigenvalue weighted by atomic mass is 35.5. The summed E-state index contributed by atoms with van der Waals surface area (Å²) in [5.74, 6) is -0.00695. The second-order valence-electron chi connectivity index (χ2n) is 8.81. The van der Waals surface area contributed by atoms with Gasteiger partial charge in [0.15, 0.2) is 5.16 Å². The number of nitrogens with one attached hydrogen (secondary N) is 1. The molecule has 2 heterocycles. The molecule has 2 amide bonds. The van der Waals surface area contributed by atoms with Crippen LogP contribution in [0.15, 0.2) is 82.9 Å². The van der Waals surface area contributed by atoms with Crippen molar-refractivity contribution in [1.82, 2.24) is 14.5 Å². The zero-order valence-electron chi connectivity index (χ0n) is 21.7. The van der Waals surface area contributed by atoms with E-state index < -0.39 is 0 Å². The van der Waals surface area contributed by atoms with Gasteiger partial charge in [0.05, 0.1) is 28.8 Å². The van der Waals surface area contributed by atoms with Crippen LogP contribution in [0.3, 0.4) is 0 Å². The minimum Gasteiger partial charge on any atom is -0.497 e. The monoisotopic (exact) mass is 622 g/mol. The van der Waals surface area contributed by atoms with Crippen LogP contribution in [0.5, 0.6) is 5.75 Å². The van der Waals surface area contributed by atoms with Crippen LogP contribution in [0.2, 0.25) is 5.02 Å². The first-order valence-electron chi connectivity index (χ1n) is 12.4. The first kappa shape index (κ1) is 28.9. The zero-order chi connectivity index (χ0) is 28.9. The molecular weight excluding hydrogens is 600 g/mol. The number of rotatable bonds is 9. The Kier molecular flexibility index (Phi) is 9.09. The first-order valence-corrected chi connectivity index (χ1v) is 15.0. The molecule has 1 aliphatic heterocycles. The lowest BCUT2D eigenvalue weighted by Crippen LogP contribution is -2.31. The predicted octanol–water partition coefficient (Wildman–Crippen LogP) is 6.36. The molecule has 208 valence electrons. The molecule has 0 atom stereocenters. The molecule has 1 aliphatic rings. The number of halogens is 1. The Hall–Kier alpha value is -3.64. The van der Waals surface area contributed by atoms with Crippen molar-refractivity contribution in [2.75, 3.05) is 24.7 Å². The van der Waals surface area contributed by atoms with Gasteiger partial charge in [-0.2, -0.15) is 0 Å². The van der Waals surface area contributed by atoms with Gasteiger partial charge in [-0.05, 0) is 60.2 Å². The van der Waals surface area contributed by atoms with Crippen molar-refractivity contribution in [3.63, 3.8) is 0 Å². The van der Waals surface area contributed by atoms with Crippen molar-refractivity contribution in [2.45, 2.75) is 11.6 Å². The van der Waals surface area contributed by atoms with E-state index in [-0.39, 0.29) is 36.4 Å². The van der Waals surface area contributed by atoms with Crippen LogP contribution in [-0.4, -0.2) is 55.9 Å². The molecule has 5 rings (SSSR count). The summed E-state index contributed by atoms with van der Waals surface area (Å²) in [6, 6.07) is 21.4. The summed E-state index contributed by atoms with van der Waals surface area (Å²) in [5, 5.41) is 3.84. The molecule has 0 unspecified atom stereocenters. The molecule has 0 radical (unpaired) electrons. The van der Waals surface area contributed by atoms with Gasteiger partial charge in [0.2, 0.25) is 11.8 Å². The van der Waals surface area contributed by atoms with E-state index in [1.165, 1.54) is 21.2 Å². The molecule has 0 saturated carbocycles. The maximum Gasteiger partial charge on any atom is 0.266 e. The summed E-state index contributed by atoms with van der Waals surface area (Å²) in [5.41, 5.74) is 2.72. The number of anilines is 1. The minimum atomic E-state index is -0.257. The largest absolute Gasteiger partial charge is 0.497 e. The number of benzene rings is 3. The molecule has 12 heteroatoms. The quantitative estimate of drug-likeness (QED) is 0.131. The number of thiocarbonyl (C=S) groups is 1. The van der Waals surface area contributed by atoms with Crippen molar-refractivity contribution in [3.8, 4) is 5.75 Å². The summed E-state index contributed by atoms with van der Waals surface area (Å²) in [4.78, 5) is 45.7. The lowest BCUT2D eigenvalue weighted by molar-refractivity contribution is -0.122. The maximum atomic E-state index is 13.5. The SMILES string of the molecule is COc1ccc(NC(=O)CSc2nc3ccccc3n2C(=O)CCN2C(=O)C(=Cc3ccc(Cl)cc3)SC2=S)cc1. The van der Waals surface area contributed by atoms with Crippen molar-refractivity contribution >= 4 is 92.2 Å². The van der Waals surface area contributed by atoms with E-state index in [2.05, 4.69) is 10.3 Å². The van der Waals surface area contributed by atoms with Gasteiger partial charge in [0.1, 0.15) is 10.1 Å². The van der Waals surface area contributed by atoms with Gasteiger partial charge in [-0.25, -0.2) is 4.98 Å². The number of methoxy groups -OCH3 is 1. The van der Waals surface area contributed by atoms with E-state index in [0.717, 1.165) is 17.3 Å². The number of carbonyl (C=O) groups excluding carboxylic acids is 3. The summed E-state index contributed by atoms with van der Waals surface area (Å²) in [6.07, 6.45) is 1.78. The highest BCUT2D eigenvalue weighted by Gasteiger charge is 2.32. The molecule has 1 aromatic heterocycles. The lowest BCUT2D eigenvalue weighted by Gasteiger charge is -2.15. The number of para-hydroxylation sites is 2. The lowest BCUT2D eigenvalue weighted by atomic mass is 10.2. The number of fused-ring (bicyclic) bond motifs is 1. The van der Waals surface area contributed by atoms with Crippen molar-refractivity contribution in [1.29, 1.82) is 0 Å². The van der Waals surface area contributed by atoms with Crippen LogP contribution in [0.4, 0.5) is 5.69 Å². The van der Waals surface area contributed by atoms with E-state index in [1.54, 1.807) is 55.7 Å².